The summed E-state index contributed by atoms with van der Waals surface area (Å²) in [5.74, 6) is -6.43. The number of aromatic nitrogens is 4. The van der Waals surface area contributed by atoms with Gasteiger partial charge in [0, 0.05) is 17.0 Å². The van der Waals surface area contributed by atoms with Crippen LogP contribution in [0.4, 0.5) is 30.7 Å². The van der Waals surface area contributed by atoms with E-state index >= 15 is 13.2 Å². The van der Waals surface area contributed by atoms with E-state index in [1.807, 2.05) is 0 Å². The molecule has 3 saturated carbocycles. The lowest BCUT2D eigenvalue weighted by Crippen LogP contribution is -2.76. The molecular weight excluding hydrogens is 772 g/mol. The van der Waals surface area contributed by atoms with Gasteiger partial charge in [-0.05, 0) is 76.1 Å². The summed E-state index contributed by atoms with van der Waals surface area (Å²) < 4.78 is 146. The number of rotatable bonds is 18. The zero-order valence-corrected chi connectivity index (χ0v) is 30.3. The van der Waals surface area contributed by atoms with Crippen molar-refractivity contribution in [1.82, 2.24) is 20.2 Å². The lowest BCUT2D eigenvalue weighted by molar-refractivity contribution is -0.363. The molecule has 3 aliphatic rings. The molecule has 3 aliphatic carbocycles. The van der Waals surface area contributed by atoms with Crippen molar-refractivity contribution in [2.45, 2.75) is 62.1 Å². The van der Waals surface area contributed by atoms with Crippen molar-refractivity contribution in [2.75, 3.05) is 13.4 Å². The standard InChI is InChI=1S/C38H34F7N4O6P/c39-30-13-16-32(33(40)17-30)36(23-49-25-46-47-48-49,38(44,45)35-20-34(21-35,22-35)29-11-14-31(15-12-29)51-24-37(41,42)43)52-26-55-56(50,53-18-27-7-3-1-4-8-27)54-19-28-9-5-2-6-10-28/h1-17,25H,18-24,26H2/t34?,35?,36-/m0/s1. The Labute approximate surface area is 316 Å². The van der Waals surface area contributed by atoms with Crippen LogP contribution in [0.2, 0.25) is 0 Å². The highest BCUT2D eigenvalue weighted by Gasteiger charge is 2.82. The Balaban J connectivity index is 1.18. The highest BCUT2D eigenvalue weighted by atomic mass is 31.2. The molecule has 2 bridgehead atoms. The molecule has 8 rings (SSSR count). The summed E-state index contributed by atoms with van der Waals surface area (Å²) in [6.07, 6.45) is -3.91. The van der Waals surface area contributed by atoms with Crippen LogP contribution in [0.5, 0.6) is 5.75 Å². The molecule has 1 aromatic heterocycles. The second-order valence-electron chi connectivity index (χ2n) is 13.9. The van der Waals surface area contributed by atoms with Gasteiger partial charge in [-0.2, -0.15) is 13.2 Å². The Kier molecular flexibility index (Phi) is 10.8. The van der Waals surface area contributed by atoms with Crippen LogP contribution in [0.15, 0.2) is 109 Å². The van der Waals surface area contributed by atoms with E-state index in [9.17, 15) is 22.1 Å². The molecule has 0 spiro atoms. The Morgan fingerprint density at radius 1 is 0.768 bits per heavy atom. The Hall–Kier alpha value is -4.67. The minimum atomic E-state index is -4.61. The van der Waals surface area contributed by atoms with Crippen LogP contribution in [-0.2, 0) is 53.6 Å². The van der Waals surface area contributed by atoms with Gasteiger partial charge in [-0.1, -0.05) is 72.8 Å². The fourth-order valence-corrected chi connectivity index (χ4v) is 8.57. The molecule has 0 amide bonds. The third-order valence-corrected chi connectivity index (χ3v) is 11.5. The summed E-state index contributed by atoms with van der Waals surface area (Å²) in [5, 5.41) is 10.8. The number of hydrogen-bond acceptors (Lipinski definition) is 9. The lowest BCUT2D eigenvalue weighted by atomic mass is 9.30. The van der Waals surface area contributed by atoms with Crippen LogP contribution in [0.1, 0.15) is 41.5 Å². The van der Waals surface area contributed by atoms with Gasteiger partial charge in [0.15, 0.2) is 19.0 Å². The number of benzene rings is 4. The van der Waals surface area contributed by atoms with E-state index in [0.29, 0.717) is 22.8 Å². The van der Waals surface area contributed by atoms with Crippen LogP contribution >= 0.6 is 7.82 Å². The predicted octanol–water partition coefficient (Wildman–Crippen LogP) is 9.08. The van der Waals surface area contributed by atoms with E-state index in [1.54, 1.807) is 60.7 Å². The normalized spacial score (nSPS) is 20.5. The van der Waals surface area contributed by atoms with Crippen LogP contribution < -0.4 is 4.74 Å². The third kappa shape index (κ3) is 7.96. The number of nitrogens with zero attached hydrogens (tertiary/aromatic N) is 4. The Morgan fingerprint density at radius 3 is 1.91 bits per heavy atom. The molecular formula is C38H34F7N4O6P. The minimum absolute atomic E-state index is 0.0452. The van der Waals surface area contributed by atoms with Gasteiger partial charge < -0.3 is 9.47 Å². The topological polar surface area (TPSA) is 107 Å². The second kappa shape index (κ2) is 15.3. The molecule has 0 N–H and O–H groups in total. The molecule has 10 nitrogen and oxygen atoms in total. The van der Waals surface area contributed by atoms with E-state index in [-0.39, 0.29) is 38.2 Å². The number of tetrazole rings is 1. The highest BCUT2D eigenvalue weighted by molar-refractivity contribution is 7.48. The van der Waals surface area contributed by atoms with Crippen molar-refractivity contribution < 1.29 is 58.3 Å². The Bertz CT molecular complexity index is 2080. The maximum atomic E-state index is 17.7. The fraction of sp³-hybridized carbons (Fsp3) is 0.342. The fourth-order valence-electron chi connectivity index (χ4n) is 7.55. The van der Waals surface area contributed by atoms with Crippen molar-refractivity contribution in [2.24, 2.45) is 5.41 Å². The van der Waals surface area contributed by atoms with Gasteiger partial charge in [0.25, 0.3) is 5.92 Å². The third-order valence-electron chi connectivity index (χ3n) is 10.2. The van der Waals surface area contributed by atoms with Crippen molar-refractivity contribution in [3.05, 3.63) is 143 Å². The van der Waals surface area contributed by atoms with Crippen molar-refractivity contribution in [3.8, 4) is 5.75 Å². The summed E-state index contributed by atoms with van der Waals surface area (Å²) in [6, 6.07) is 25.0. The number of alkyl halides is 5. The van der Waals surface area contributed by atoms with Crippen LogP contribution in [0, 0.1) is 17.0 Å². The van der Waals surface area contributed by atoms with E-state index in [1.165, 1.54) is 24.3 Å². The maximum Gasteiger partial charge on any atom is 0.477 e. The van der Waals surface area contributed by atoms with Gasteiger partial charge in [-0.3, -0.25) is 13.6 Å². The number of hydrogen-bond donors (Lipinski definition) is 0. The monoisotopic (exact) mass is 806 g/mol. The average molecular weight is 807 g/mol. The summed E-state index contributed by atoms with van der Waals surface area (Å²) in [7, 11) is -4.61. The molecule has 1 heterocycles. The van der Waals surface area contributed by atoms with Crippen molar-refractivity contribution in [1.29, 1.82) is 0 Å². The highest BCUT2D eigenvalue weighted by Crippen LogP contribution is 2.80. The Morgan fingerprint density at radius 2 is 1.38 bits per heavy atom. The molecule has 0 aliphatic heterocycles. The first-order valence-corrected chi connectivity index (χ1v) is 18.7. The van der Waals surface area contributed by atoms with E-state index in [2.05, 4.69) is 15.5 Å². The molecule has 3 fully saturated rings. The van der Waals surface area contributed by atoms with Crippen LogP contribution in [-0.4, -0.2) is 45.7 Å². The summed E-state index contributed by atoms with van der Waals surface area (Å²) in [6.45, 7) is -4.10. The molecule has 0 saturated heterocycles. The molecule has 296 valence electrons. The summed E-state index contributed by atoms with van der Waals surface area (Å²) in [5.41, 5.74) is -4.56. The molecule has 4 aromatic carbocycles. The quantitative estimate of drug-likeness (QED) is 0.0487. The first kappa shape index (κ1) is 39.6. The summed E-state index contributed by atoms with van der Waals surface area (Å²) >= 11 is 0. The molecule has 5 aromatic rings. The van der Waals surface area contributed by atoms with Gasteiger partial charge in [0.1, 0.15) is 23.7 Å². The van der Waals surface area contributed by atoms with Crippen molar-refractivity contribution >= 4 is 7.82 Å². The number of phosphoric acid groups is 1. The molecule has 0 radical (unpaired) electrons. The lowest BCUT2D eigenvalue weighted by Gasteiger charge is -2.74. The zero-order chi connectivity index (χ0) is 39.7. The van der Waals surface area contributed by atoms with E-state index in [4.69, 9.17) is 23.0 Å². The predicted molar refractivity (Wildman–Crippen MR) is 184 cm³/mol. The number of halogens is 7. The number of phosphoric ester groups is 1. The van der Waals surface area contributed by atoms with Crippen LogP contribution in [0.3, 0.4) is 0 Å². The number of ether oxygens (including phenoxy) is 2. The van der Waals surface area contributed by atoms with E-state index < -0.39 is 73.5 Å². The molecule has 0 unspecified atom stereocenters. The first-order chi connectivity index (χ1) is 26.7. The minimum Gasteiger partial charge on any atom is -0.484 e. The zero-order valence-electron chi connectivity index (χ0n) is 29.4. The maximum absolute atomic E-state index is 17.7. The molecule has 56 heavy (non-hydrogen) atoms. The molecule has 1 atom stereocenters. The SMILES string of the molecule is O=P(OCO[C@@](Cn1cnnn1)(c1ccc(F)cc1F)C(F)(F)C12CC(c3ccc(OCC(F)(F)F)cc3)(C1)C2)(OCc1ccccc1)OCc1ccccc1. The van der Waals surface area contributed by atoms with E-state index in [0.717, 1.165) is 23.1 Å². The van der Waals surface area contributed by atoms with Crippen LogP contribution in [0.25, 0.3) is 0 Å². The first-order valence-electron chi connectivity index (χ1n) is 17.3. The van der Waals surface area contributed by atoms with Gasteiger partial charge in [-0.25, -0.2) is 26.8 Å². The van der Waals surface area contributed by atoms with Gasteiger partial charge in [-0.15, -0.1) is 5.10 Å². The molecule has 18 heteroatoms. The van der Waals surface area contributed by atoms with Gasteiger partial charge >= 0.3 is 14.0 Å². The smallest absolute Gasteiger partial charge is 0.477 e. The van der Waals surface area contributed by atoms with Gasteiger partial charge in [0.05, 0.1) is 19.8 Å². The second-order valence-corrected chi connectivity index (χ2v) is 15.6. The average Bonchev–Trinajstić information content (AvgIpc) is 3.65. The van der Waals surface area contributed by atoms with Gasteiger partial charge in [0.2, 0.25) is 0 Å². The van der Waals surface area contributed by atoms with Crippen molar-refractivity contribution in [3.63, 3.8) is 0 Å². The summed E-state index contributed by atoms with van der Waals surface area (Å²) in [4.78, 5) is 0. The largest absolute Gasteiger partial charge is 0.484 e.